The lowest BCUT2D eigenvalue weighted by Gasteiger charge is -2.22. The fourth-order valence-corrected chi connectivity index (χ4v) is 5.23. The molecule has 1 aromatic rings. The Balaban J connectivity index is 1.75. The van der Waals surface area contributed by atoms with Gasteiger partial charge in [0, 0.05) is 6.04 Å². The first kappa shape index (κ1) is 20.0. The molecule has 4 N–H and O–H groups in total. The predicted molar refractivity (Wildman–Crippen MR) is 98.7 cm³/mol. The second kappa shape index (κ2) is 9.97. The lowest BCUT2D eigenvalue weighted by Crippen LogP contribution is -2.47. The molecule has 8 nitrogen and oxygen atoms in total. The Bertz CT molecular complexity index is 619. The van der Waals surface area contributed by atoms with Gasteiger partial charge in [-0.2, -0.15) is 0 Å². The molecule has 2 rings (SSSR count). The fourth-order valence-electron chi connectivity index (χ4n) is 2.32. The van der Waals surface area contributed by atoms with Crippen molar-refractivity contribution in [3.05, 3.63) is 0 Å². The highest BCUT2D eigenvalue weighted by atomic mass is 32.2. The molecule has 1 aliphatic carbocycles. The van der Waals surface area contributed by atoms with E-state index >= 15 is 0 Å². The summed E-state index contributed by atoms with van der Waals surface area (Å²) in [5.41, 5.74) is 5.08. The number of thioether (sulfide) groups is 2. The van der Waals surface area contributed by atoms with Crippen LogP contribution in [0.4, 0.5) is 4.79 Å². The van der Waals surface area contributed by atoms with Crippen LogP contribution >= 0.6 is 34.9 Å². The zero-order valence-corrected chi connectivity index (χ0v) is 16.3. The van der Waals surface area contributed by atoms with Crippen LogP contribution in [-0.2, 0) is 9.59 Å². The molecule has 0 saturated heterocycles. The molecule has 0 aromatic carbocycles. The number of amides is 4. The standard InChI is InChI=1S/C14H21N5O3S3/c1-8(24-14-19-18-13(25-14)23-7-10(15)20)11(21)17-12(22)16-9-5-3-2-4-6-9/h8-9H,2-7H2,1H3,(H2,15,20)(H2,16,17,21,22). The molecule has 0 aliphatic heterocycles. The van der Waals surface area contributed by atoms with Crippen molar-refractivity contribution in [2.75, 3.05) is 5.75 Å². The molecule has 4 amide bonds. The summed E-state index contributed by atoms with van der Waals surface area (Å²) in [6.07, 6.45) is 5.34. The number of aromatic nitrogens is 2. The van der Waals surface area contributed by atoms with Crippen molar-refractivity contribution in [1.29, 1.82) is 0 Å². The number of hydrogen-bond donors (Lipinski definition) is 3. The van der Waals surface area contributed by atoms with Crippen LogP contribution in [0.3, 0.4) is 0 Å². The van der Waals surface area contributed by atoms with Crippen molar-refractivity contribution in [1.82, 2.24) is 20.8 Å². The number of nitrogens with two attached hydrogens (primary N) is 1. The highest BCUT2D eigenvalue weighted by Crippen LogP contribution is 2.31. The van der Waals surface area contributed by atoms with Crippen LogP contribution in [0.2, 0.25) is 0 Å². The van der Waals surface area contributed by atoms with E-state index in [2.05, 4.69) is 20.8 Å². The highest BCUT2D eigenvalue weighted by molar-refractivity contribution is 8.04. The van der Waals surface area contributed by atoms with E-state index in [1.54, 1.807) is 6.92 Å². The van der Waals surface area contributed by atoms with Crippen LogP contribution in [0.15, 0.2) is 8.68 Å². The summed E-state index contributed by atoms with van der Waals surface area (Å²) in [5, 5.41) is 12.6. The van der Waals surface area contributed by atoms with Crippen LogP contribution in [-0.4, -0.2) is 45.1 Å². The molecule has 1 atom stereocenters. The first-order valence-corrected chi connectivity index (χ1v) is 10.6. The van der Waals surface area contributed by atoms with Crippen molar-refractivity contribution in [2.45, 2.75) is 59.0 Å². The van der Waals surface area contributed by atoms with E-state index in [0.717, 1.165) is 25.7 Å². The number of urea groups is 1. The summed E-state index contributed by atoms with van der Waals surface area (Å²) in [6, 6.07) is -0.295. The van der Waals surface area contributed by atoms with Gasteiger partial charge in [0.2, 0.25) is 11.8 Å². The number of carbonyl (C=O) groups excluding carboxylic acids is 3. The molecule has 138 valence electrons. The Morgan fingerprint density at radius 2 is 1.92 bits per heavy atom. The number of primary amides is 1. The summed E-state index contributed by atoms with van der Waals surface area (Å²) in [6.45, 7) is 1.70. The van der Waals surface area contributed by atoms with Crippen molar-refractivity contribution in [3.8, 4) is 0 Å². The van der Waals surface area contributed by atoms with Gasteiger partial charge in [-0.25, -0.2) is 4.79 Å². The quantitative estimate of drug-likeness (QED) is 0.592. The average molecular weight is 404 g/mol. The van der Waals surface area contributed by atoms with Gasteiger partial charge in [-0.1, -0.05) is 54.1 Å². The number of nitrogens with zero attached hydrogens (tertiary/aromatic N) is 2. The molecule has 1 aromatic heterocycles. The fraction of sp³-hybridized carbons (Fsp3) is 0.643. The van der Waals surface area contributed by atoms with Gasteiger partial charge in [0.15, 0.2) is 8.68 Å². The summed E-state index contributed by atoms with van der Waals surface area (Å²) in [7, 11) is 0. The maximum atomic E-state index is 12.1. The van der Waals surface area contributed by atoms with Gasteiger partial charge in [-0.05, 0) is 19.8 Å². The molecule has 1 unspecified atom stereocenters. The van der Waals surface area contributed by atoms with Gasteiger partial charge in [0.1, 0.15) is 0 Å². The van der Waals surface area contributed by atoms with Gasteiger partial charge < -0.3 is 11.1 Å². The second-order valence-electron chi connectivity index (χ2n) is 5.65. The molecule has 1 fully saturated rings. The third-order valence-corrected chi connectivity index (χ3v) is 6.81. The first-order valence-electron chi connectivity index (χ1n) is 7.96. The van der Waals surface area contributed by atoms with E-state index in [1.807, 2.05) is 0 Å². The summed E-state index contributed by atoms with van der Waals surface area (Å²) < 4.78 is 1.21. The zero-order valence-electron chi connectivity index (χ0n) is 13.8. The van der Waals surface area contributed by atoms with E-state index in [0.29, 0.717) is 8.68 Å². The third-order valence-electron chi connectivity index (χ3n) is 3.55. The maximum absolute atomic E-state index is 12.1. The van der Waals surface area contributed by atoms with Crippen LogP contribution in [0.1, 0.15) is 39.0 Å². The Kier molecular flexibility index (Phi) is 7.97. The molecule has 0 bridgehead atoms. The minimum atomic E-state index is -0.487. The molecule has 1 heterocycles. The third kappa shape index (κ3) is 7.20. The van der Waals surface area contributed by atoms with Crippen molar-refractivity contribution < 1.29 is 14.4 Å². The van der Waals surface area contributed by atoms with E-state index in [1.165, 1.54) is 41.3 Å². The zero-order chi connectivity index (χ0) is 18.2. The van der Waals surface area contributed by atoms with Crippen LogP contribution in [0.25, 0.3) is 0 Å². The molecular weight excluding hydrogens is 382 g/mol. The van der Waals surface area contributed by atoms with E-state index < -0.39 is 17.2 Å². The molecule has 25 heavy (non-hydrogen) atoms. The van der Waals surface area contributed by atoms with Gasteiger partial charge in [0.05, 0.1) is 11.0 Å². The van der Waals surface area contributed by atoms with Crippen molar-refractivity contribution >= 4 is 52.7 Å². The molecule has 1 saturated carbocycles. The number of hydrogen-bond acceptors (Lipinski definition) is 8. The lowest BCUT2D eigenvalue weighted by atomic mass is 9.96. The SMILES string of the molecule is CC(Sc1nnc(SCC(N)=O)s1)C(=O)NC(=O)NC1CCCCC1. The first-order chi connectivity index (χ1) is 11.9. The Morgan fingerprint density at radius 1 is 1.24 bits per heavy atom. The largest absolute Gasteiger partial charge is 0.369 e. The second-order valence-corrected chi connectivity index (χ2v) is 9.43. The molecule has 0 radical (unpaired) electrons. The summed E-state index contributed by atoms with van der Waals surface area (Å²) >= 11 is 3.71. The van der Waals surface area contributed by atoms with Crippen LogP contribution in [0.5, 0.6) is 0 Å². The topological polar surface area (TPSA) is 127 Å². The number of carbonyl (C=O) groups is 3. The normalized spacial score (nSPS) is 16.2. The van der Waals surface area contributed by atoms with E-state index in [-0.39, 0.29) is 17.7 Å². The maximum Gasteiger partial charge on any atom is 0.321 e. The van der Waals surface area contributed by atoms with Gasteiger partial charge in [-0.3, -0.25) is 14.9 Å². The van der Waals surface area contributed by atoms with Gasteiger partial charge in [0.25, 0.3) is 0 Å². The predicted octanol–water partition coefficient (Wildman–Crippen LogP) is 1.75. The van der Waals surface area contributed by atoms with Gasteiger partial charge in [-0.15, -0.1) is 10.2 Å². The summed E-state index contributed by atoms with van der Waals surface area (Å²) in [4.78, 5) is 34.8. The Hall–Kier alpha value is -1.33. The minimum absolute atomic E-state index is 0.136. The van der Waals surface area contributed by atoms with Crippen molar-refractivity contribution in [2.24, 2.45) is 5.73 Å². The Labute approximate surface area is 158 Å². The highest BCUT2D eigenvalue weighted by Gasteiger charge is 2.21. The van der Waals surface area contributed by atoms with Gasteiger partial charge >= 0.3 is 6.03 Å². The lowest BCUT2D eigenvalue weighted by molar-refractivity contribution is -0.119. The van der Waals surface area contributed by atoms with E-state index in [9.17, 15) is 14.4 Å². The average Bonchev–Trinajstić information content (AvgIpc) is 3.01. The van der Waals surface area contributed by atoms with Crippen molar-refractivity contribution in [3.63, 3.8) is 0 Å². The van der Waals surface area contributed by atoms with Crippen LogP contribution in [0, 0.1) is 0 Å². The molecule has 1 aliphatic rings. The monoisotopic (exact) mass is 403 g/mol. The molecular formula is C14H21N5O3S3. The molecule has 11 heteroatoms. The van der Waals surface area contributed by atoms with E-state index in [4.69, 9.17) is 5.73 Å². The minimum Gasteiger partial charge on any atom is -0.369 e. The van der Waals surface area contributed by atoms with Crippen LogP contribution < -0.4 is 16.4 Å². The Morgan fingerprint density at radius 3 is 2.60 bits per heavy atom. The summed E-state index contributed by atoms with van der Waals surface area (Å²) in [5.74, 6) is -0.664. The number of rotatable bonds is 7. The number of imide groups is 1. The number of nitrogens with one attached hydrogen (secondary N) is 2. The smallest absolute Gasteiger partial charge is 0.321 e. The molecule has 0 spiro atoms.